The monoisotopic (exact) mass is 612 g/mol. The molecule has 4 aromatic rings. The van der Waals surface area contributed by atoms with E-state index in [2.05, 4.69) is 150 Å². The van der Waals surface area contributed by atoms with Crippen LogP contribution in [0.3, 0.4) is 0 Å². The van der Waals surface area contributed by atoms with E-state index in [9.17, 15) is 0 Å². The standard InChI is InChI=1S/C40H48Si3/c1-27-23-37-33(29-15-19-31(20-16-29)42(3,4)5)11-9-13-35(37)39(27)25-41-26-40-28(2)24-38-34(12-10-14-36(38)40)30-17-21-32(22-18-30)43(6,7)8/h9-24,39-40H,25-26,41H2,1-8H3. The number of allylic oxidation sites excluding steroid dienone is 2. The summed E-state index contributed by atoms with van der Waals surface area (Å²) in [5.74, 6) is 1.17. The van der Waals surface area contributed by atoms with Crippen molar-refractivity contribution in [3.8, 4) is 22.3 Å². The van der Waals surface area contributed by atoms with Gasteiger partial charge in [0.15, 0.2) is 0 Å². The third-order valence-corrected chi connectivity index (χ3v) is 16.1. The molecule has 43 heavy (non-hydrogen) atoms. The van der Waals surface area contributed by atoms with Gasteiger partial charge in [0, 0.05) is 21.4 Å². The Bertz CT molecular complexity index is 1580. The average Bonchev–Trinajstić information content (AvgIpc) is 3.47. The van der Waals surface area contributed by atoms with Crippen LogP contribution in [0.25, 0.3) is 34.4 Å². The fourth-order valence-corrected chi connectivity index (χ4v) is 12.3. The second-order valence-electron chi connectivity index (χ2n) is 15.1. The molecule has 0 amide bonds. The van der Waals surface area contributed by atoms with Gasteiger partial charge in [0.1, 0.15) is 0 Å². The van der Waals surface area contributed by atoms with Crippen LogP contribution in [0.4, 0.5) is 0 Å². The highest BCUT2D eigenvalue weighted by Gasteiger charge is 2.28. The van der Waals surface area contributed by atoms with E-state index >= 15 is 0 Å². The molecule has 0 fully saturated rings. The summed E-state index contributed by atoms with van der Waals surface area (Å²) in [6.45, 7) is 19.3. The highest BCUT2D eigenvalue weighted by Crippen LogP contribution is 2.45. The molecular weight excluding hydrogens is 565 g/mol. The zero-order valence-corrected chi connectivity index (χ0v) is 30.9. The number of rotatable bonds is 8. The Morgan fingerprint density at radius 1 is 0.512 bits per heavy atom. The molecule has 2 aliphatic carbocycles. The molecule has 0 aromatic heterocycles. The molecule has 2 unspecified atom stereocenters. The molecule has 0 saturated carbocycles. The first-order valence-electron chi connectivity index (χ1n) is 16.3. The molecule has 0 aliphatic heterocycles. The van der Waals surface area contributed by atoms with E-state index in [-0.39, 0.29) is 9.52 Å². The Labute approximate surface area is 264 Å². The second kappa shape index (κ2) is 11.5. The van der Waals surface area contributed by atoms with Crippen molar-refractivity contribution < 1.29 is 0 Å². The molecule has 0 bridgehead atoms. The minimum atomic E-state index is -1.29. The van der Waals surface area contributed by atoms with Crippen molar-refractivity contribution in [2.24, 2.45) is 0 Å². The summed E-state index contributed by atoms with van der Waals surface area (Å²) in [5, 5.41) is 3.06. The van der Waals surface area contributed by atoms with Crippen LogP contribution in [-0.2, 0) is 0 Å². The fraction of sp³-hybridized carbons (Fsp3) is 0.300. The lowest BCUT2D eigenvalue weighted by atomic mass is 9.93. The van der Waals surface area contributed by atoms with Crippen molar-refractivity contribution >= 4 is 48.2 Å². The van der Waals surface area contributed by atoms with Gasteiger partial charge in [-0.1, -0.05) is 170 Å². The number of fused-ring (bicyclic) bond motifs is 2. The van der Waals surface area contributed by atoms with E-state index in [0.717, 1.165) is 0 Å². The van der Waals surface area contributed by atoms with Crippen molar-refractivity contribution in [1.82, 2.24) is 0 Å². The van der Waals surface area contributed by atoms with Gasteiger partial charge in [0.05, 0.1) is 16.1 Å². The minimum absolute atomic E-state index is 0.255. The molecule has 0 N–H and O–H groups in total. The Morgan fingerprint density at radius 3 is 1.23 bits per heavy atom. The van der Waals surface area contributed by atoms with Crippen LogP contribution < -0.4 is 10.4 Å². The summed E-state index contributed by atoms with van der Waals surface area (Å²) in [5.41, 5.74) is 14.7. The molecule has 0 radical (unpaired) electrons. The predicted octanol–water partition coefficient (Wildman–Crippen LogP) is 9.82. The highest BCUT2D eigenvalue weighted by molar-refractivity contribution is 6.89. The Hall–Kier alpha value is -2.99. The Morgan fingerprint density at radius 2 is 0.884 bits per heavy atom. The van der Waals surface area contributed by atoms with E-state index in [1.807, 2.05) is 0 Å². The maximum absolute atomic E-state index is 2.49. The van der Waals surface area contributed by atoms with Crippen LogP contribution in [0, 0.1) is 0 Å². The van der Waals surface area contributed by atoms with Crippen LogP contribution in [-0.4, -0.2) is 25.7 Å². The van der Waals surface area contributed by atoms with Crippen molar-refractivity contribution in [1.29, 1.82) is 0 Å². The van der Waals surface area contributed by atoms with Gasteiger partial charge in [0.25, 0.3) is 0 Å². The largest absolute Gasteiger partial charge is 0.0775 e. The SMILES string of the molecule is CC1=Cc2c(-c3ccc([Si](C)(C)C)cc3)cccc2C1C[SiH2]CC1C(C)=Cc2c(-c3ccc([Si](C)(C)C)cc3)cccc21. The number of hydrogen-bond acceptors (Lipinski definition) is 0. The number of benzene rings is 4. The molecule has 4 aromatic carbocycles. The van der Waals surface area contributed by atoms with E-state index in [1.165, 1.54) is 55.8 Å². The van der Waals surface area contributed by atoms with Gasteiger partial charge in [0.2, 0.25) is 0 Å². The first-order valence-corrected chi connectivity index (χ1v) is 25.3. The fourth-order valence-electron chi connectivity index (χ4n) is 7.34. The van der Waals surface area contributed by atoms with Crippen molar-refractivity contribution in [2.45, 2.75) is 77.1 Å². The van der Waals surface area contributed by atoms with Gasteiger partial charge in [-0.2, -0.15) is 0 Å². The third kappa shape index (κ3) is 5.92. The van der Waals surface area contributed by atoms with Crippen molar-refractivity contribution in [3.05, 3.63) is 118 Å². The van der Waals surface area contributed by atoms with Gasteiger partial charge in [-0.05, 0) is 58.4 Å². The molecule has 3 heteroatoms. The minimum Gasteiger partial charge on any atom is -0.0656 e. The Kier molecular flexibility index (Phi) is 8.04. The van der Waals surface area contributed by atoms with Crippen LogP contribution in [0.5, 0.6) is 0 Å². The molecule has 0 spiro atoms. The maximum Gasteiger partial charge on any atom is 0.0775 e. The zero-order chi connectivity index (χ0) is 30.5. The van der Waals surface area contributed by atoms with Gasteiger partial charge < -0.3 is 0 Å². The normalized spacial score (nSPS) is 18.1. The van der Waals surface area contributed by atoms with Gasteiger partial charge >= 0.3 is 0 Å². The van der Waals surface area contributed by atoms with E-state index < -0.39 is 16.1 Å². The lowest BCUT2D eigenvalue weighted by molar-refractivity contribution is 0.876. The van der Waals surface area contributed by atoms with E-state index in [0.29, 0.717) is 11.8 Å². The third-order valence-electron chi connectivity index (χ3n) is 9.98. The van der Waals surface area contributed by atoms with E-state index in [1.54, 1.807) is 22.3 Å². The maximum atomic E-state index is 2.49. The van der Waals surface area contributed by atoms with E-state index in [4.69, 9.17) is 0 Å². The van der Waals surface area contributed by atoms with Gasteiger partial charge in [-0.25, -0.2) is 0 Å². The van der Waals surface area contributed by atoms with Crippen LogP contribution in [0.2, 0.25) is 51.4 Å². The molecule has 0 saturated heterocycles. The summed E-state index contributed by atoms with van der Waals surface area (Å²) in [6.07, 6.45) is 4.98. The quantitative estimate of drug-likeness (QED) is 0.174. The molecule has 220 valence electrons. The zero-order valence-electron chi connectivity index (χ0n) is 27.5. The Balaban J connectivity index is 1.18. The van der Waals surface area contributed by atoms with Crippen molar-refractivity contribution in [2.75, 3.05) is 0 Å². The first-order chi connectivity index (χ1) is 20.4. The summed E-state index contributed by atoms with van der Waals surface area (Å²) < 4.78 is 0. The smallest absolute Gasteiger partial charge is 0.0656 e. The van der Waals surface area contributed by atoms with Crippen LogP contribution in [0.15, 0.2) is 96.1 Å². The molecular formula is C40H48Si3. The first kappa shape index (κ1) is 30.1. The second-order valence-corrected chi connectivity index (χ2v) is 27.1. The summed E-state index contributed by atoms with van der Waals surface area (Å²) in [7, 11) is -2.84. The molecule has 2 atom stereocenters. The topological polar surface area (TPSA) is 0 Å². The lowest BCUT2D eigenvalue weighted by Crippen LogP contribution is -2.37. The van der Waals surface area contributed by atoms with Gasteiger partial charge in [-0.3, -0.25) is 0 Å². The molecule has 2 aliphatic rings. The van der Waals surface area contributed by atoms with Crippen LogP contribution >= 0.6 is 0 Å². The van der Waals surface area contributed by atoms with Crippen LogP contribution in [0.1, 0.15) is 47.9 Å². The number of hydrogen-bond donors (Lipinski definition) is 0. The molecule has 6 rings (SSSR count). The predicted molar refractivity (Wildman–Crippen MR) is 201 cm³/mol. The summed E-state index contributed by atoms with van der Waals surface area (Å²) in [6, 6.07) is 35.7. The van der Waals surface area contributed by atoms with Crippen molar-refractivity contribution in [3.63, 3.8) is 0 Å². The average molecular weight is 613 g/mol. The molecule has 0 nitrogen and oxygen atoms in total. The highest BCUT2D eigenvalue weighted by atomic mass is 28.3. The summed E-state index contributed by atoms with van der Waals surface area (Å²) >= 11 is 0. The van der Waals surface area contributed by atoms with Gasteiger partial charge in [-0.15, -0.1) is 0 Å². The summed E-state index contributed by atoms with van der Waals surface area (Å²) in [4.78, 5) is 0. The lowest BCUT2D eigenvalue weighted by Gasteiger charge is -2.19. The molecule has 0 heterocycles.